The first kappa shape index (κ1) is 29.4. The van der Waals surface area contributed by atoms with Crippen molar-refractivity contribution in [1.29, 1.82) is 0 Å². The van der Waals surface area contributed by atoms with E-state index in [1.165, 1.54) is 0 Å². The second-order valence-corrected chi connectivity index (χ2v) is 5.32. The molecular weight excluding hydrogens is 498 g/mol. The van der Waals surface area contributed by atoms with Gasteiger partial charge in [0.1, 0.15) is 18.3 Å². The molecule has 0 aliphatic heterocycles. The van der Waals surface area contributed by atoms with Crippen LogP contribution in [0.1, 0.15) is 0 Å². The van der Waals surface area contributed by atoms with Crippen LogP contribution in [0.3, 0.4) is 0 Å². The second kappa shape index (κ2) is 18.5. The summed E-state index contributed by atoms with van der Waals surface area (Å²) in [7, 11) is 0. The third-order valence-electron chi connectivity index (χ3n) is 0.612. The van der Waals surface area contributed by atoms with E-state index >= 15 is 0 Å². The molecule has 16 heteroatoms. The second-order valence-electron chi connectivity index (χ2n) is 2.10. The molecule has 0 atom stereocenters. The Hall–Kier alpha value is -0.572. The smallest absolute Gasteiger partial charge is 0.137 e. The van der Waals surface area contributed by atoms with Gasteiger partial charge in [-0.3, -0.25) is 0 Å². The maximum atomic E-state index is 9.43. The molecule has 0 fully saturated rings. The first-order valence-corrected chi connectivity index (χ1v) is 6.40. The van der Waals surface area contributed by atoms with E-state index in [9.17, 15) is 29.7 Å². The van der Waals surface area contributed by atoms with Gasteiger partial charge in [0, 0.05) is 21.1 Å². The Morgan fingerprint density at radius 3 is 0.773 bits per heavy atom. The van der Waals surface area contributed by atoms with Crippen molar-refractivity contribution < 1.29 is 50.8 Å². The molecule has 0 saturated heterocycles. The van der Waals surface area contributed by atoms with Gasteiger partial charge in [-0.2, -0.15) is 0 Å². The Morgan fingerprint density at radius 2 is 0.773 bits per heavy atom. The Balaban J connectivity index is -0.000000108. The fourth-order valence-electron chi connectivity index (χ4n) is 0.250. The number of amides is 3. The summed E-state index contributed by atoms with van der Waals surface area (Å²) in [6.07, 6.45) is -4.38. The van der Waals surface area contributed by atoms with E-state index in [1.807, 2.05) is 0 Å². The molecule has 0 saturated carbocycles. The van der Waals surface area contributed by atoms with Crippen molar-refractivity contribution >= 4 is 106 Å². The molecule has 0 aromatic heterocycles. The van der Waals surface area contributed by atoms with Crippen molar-refractivity contribution in [2.24, 2.45) is 0 Å². The van der Waals surface area contributed by atoms with Gasteiger partial charge in [0.25, 0.3) is 0 Å². The number of carbonyl (C=O) groups excluding carboxylic acids is 3. The summed E-state index contributed by atoms with van der Waals surface area (Å²) in [5, 5.41) is 33.3. The molecule has 0 radical (unpaired) electrons. The van der Waals surface area contributed by atoms with E-state index < -0.39 is 18.3 Å². The van der Waals surface area contributed by atoms with E-state index in [0.29, 0.717) is 0 Å². The first-order chi connectivity index (χ1) is 9.38. The fourth-order valence-corrected chi connectivity index (χ4v) is 0.750. The summed E-state index contributed by atoms with van der Waals surface area (Å²) < 4.78 is -0.625. The third kappa shape index (κ3) is 50.5. The van der Waals surface area contributed by atoms with E-state index in [2.05, 4.69) is 74.5 Å². The predicted octanol–water partition coefficient (Wildman–Crippen LogP) is -3.75. The molecule has 0 aliphatic carbocycles. The van der Waals surface area contributed by atoms with Crippen molar-refractivity contribution in [3.05, 3.63) is 0 Å². The van der Waals surface area contributed by atoms with Crippen LogP contribution in [0.4, 0.5) is 14.4 Å². The van der Waals surface area contributed by atoms with Gasteiger partial charge in [0.2, 0.25) is 0 Å². The number of rotatable bonds is 0. The average Bonchev–Trinajstić information content (AvgIpc) is 2.10. The zero-order valence-electron chi connectivity index (χ0n) is 9.81. The number of hydrogen-bond acceptors (Lipinski definition) is 12. The van der Waals surface area contributed by atoms with Gasteiger partial charge in [-0.25, -0.2) is 0 Å². The van der Waals surface area contributed by atoms with Crippen molar-refractivity contribution in [1.82, 2.24) is 16.0 Å². The summed E-state index contributed by atoms with van der Waals surface area (Å²) in [6, 6.07) is 0. The van der Waals surface area contributed by atoms with Crippen LogP contribution >= 0.6 is 36.7 Å². The van der Waals surface area contributed by atoms with E-state index in [4.69, 9.17) is 0 Å². The van der Waals surface area contributed by atoms with Crippen LogP contribution in [0.15, 0.2) is 0 Å². The average molecular weight is 501 g/mol. The molecule has 0 heterocycles. The maximum absolute atomic E-state index is 9.43. The molecule has 0 aromatic rings. The molecule has 9 nitrogen and oxygen atoms in total. The molecule has 22 heavy (non-hydrogen) atoms. The van der Waals surface area contributed by atoms with Gasteiger partial charge < -0.3 is 120 Å². The van der Waals surface area contributed by atoms with Crippen molar-refractivity contribution in [3.63, 3.8) is 0 Å². The Labute approximate surface area is 171 Å². The van der Waals surface area contributed by atoms with Crippen molar-refractivity contribution in [2.45, 2.75) is 0 Å². The van der Waals surface area contributed by atoms with Gasteiger partial charge in [-0.1, -0.05) is 13.0 Å². The number of carboxylic acid groups (broad SMARTS) is 3. The van der Waals surface area contributed by atoms with Crippen LogP contribution in [0.5, 0.6) is 0 Å². The molecule has 0 bridgehead atoms. The van der Waals surface area contributed by atoms with Crippen LogP contribution in [0.2, 0.25) is 0 Å². The van der Waals surface area contributed by atoms with Crippen LogP contribution in [0.25, 0.3) is 0 Å². The Bertz CT molecular complexity index is 337. The Kier molecular flexibility index (Phi) is 24.7. The molecular formula is C6H3MoN3O6S6-6. The maximum Gasteiger partial charge on any atom is 0.137 e. The quantitative estimate of drug-likeness (QED) is 0.170. The Morgan fingerprint density at radius 1 is 0.636 bits per heavy atom. The normalized spacial score (nSPS) is 7.09. The number of thiocarbonyl (C=S) groups is 3. The van der Waals surface area contributed by atoms with Crippen molar-refractivity contribution in [3.8, 4) is 0 Å². The topological polar surface area (TPSA) is 156 Å². The molecule has 0 aliphatic rings. The standard InChI is InChI=1S/3C2H3NO2S2.Mo/c3*4-1(5)3-2(6)7;/h3*(H,4,5)(H2,3,6,7);/p-6. The number of carbonyl (C=O) groups is 3. The SMILES string of the molecule is O=C([O-])NC(=S)[S-].O=C([O-])NC(=S)[S-].O=C([O-])NC(=S)[S-].[Mo]. The minimum Gasteiger partial charge on any atom is -0.530 e. The molecule has 0 unspecified atom stereocenters. The fraction of sp³-hybridized carbons (Fsp3) is 0. The molecule has 0 rings (SSSR count). The van der Waals surface area contributed by atoms with Crippen LogP contribution in [-0.2, 0) is 59.0 Å². The predicted molar refractivity (Wildman–Crippen MR) is 85.5 cm³/mol. The summed E-state index contributed by atoms with van der Waals surface area (Å²) in [6.45, 7) is 0. The van der Waals surface area contributed by atoms with Gasteiger partial charge in [-0.15, -0.1) is 0 Å². The van der Waals surface area contributed by atoms with E-state index in [-0.39, 0.29) is 34.0 Å². The van der Waals surface area contributed by atoms with Gasteiger partial charge in [-0.05, 0) is 0 Å². The first-order valence-electron chi connectivity index (χ1n) is 3.95. The molecule has 126 valence electrons. The minimum atomic E-state index is -1.46. The van der Waals surface area contributed by atoms with Crippen LogP contribution in [0, 0.1) is 0 Å². The van der Waals surface area contributed by atoms with Crippen LogP contribution in [-0.4, -0.2) is 31.2 Å². The third-order valence-corrected chi connectivity index (χ3v) is 1.22. The number of hydrogen-bond donors (Lipinski definition) is 3. The summed E-state index contributed by atoms with van der Waals surface area (Å²) in [5.41, 5.74) is 0. The number of nitrogens with one attached hydrogen (secondary N) is 3. The molecule has 3 N–H and O–H groups in total. The molecule has 3 amide bonds. The van der Waals surface area contributed by atoms with E-state index in [1.54, 1.807) is 16.0 Å². The summed E-state index contributed by atoms with van der Waals surface area (Å²) in [5.74, 6) is 0. The minimum absolute atomic E-state index is 0. The van der Waals surface area contributed by atoms with E-state index in [0.717, 1.165) is 0 Å². The zero-order valence-corrected chi connectivity index (χ0v) is 16.7. The van der Waals surface area contributed by atoms with Gasteiger partial charge in [0.05, 0.1) is 0 Å². The van der Waals surface area contributed by atoms with Crippen molar-refractivity contribution in [2.75, 3.05) is 0 Å². The monoisotopic (exact) mass is 503 g/mol. The molecule has 0 aromatic carbocycles. The largest absolute Gasteiger partial charge is 0.530 e. The van der Waals surface area contributed by atoms with Gasteiger partial charge >= 0.3 is 0 Å². The summed E-state index contributed by atoms with van der Waals surface area (Å²) in [4.78, 5) is 28.3. The van der Waals surface area contributed by atoms with Crippen LogP contribution < -0.4 is 31.3 Å². The summed E-state index contributed by atoms with van der Waals surface area (Å²) >= 11 is 24.9. The molecule has 0 spiro atoms. The van der Waals surface area contributed by atoms with Gasteiger partial charge in [0.15, 0.2) is 0 Å². The zero-order chi connectivity index (χ0) is 17.6.